The van der Waals surface area contributed by atoms with Gasteiger partial charge in [-0.1, -0.05) is 80.4 Å². The second kappa shape index (κ2) is 12.2. The molecule has 6 nitrogen and oxygen atoms in total. The predicted molar refractivity (Wildman–Crippen MR) is 169 cm³/mol. The first-order valence-electron chi connectivity index (χ1n) is 11.6. The fourth-order valence-electron chi connectivity index (χ4n) is 3.90. The number of nitrogens with zero attached hydrogens (tertiary/aromatic N) is 3. The number of benzene rings is 4. The highest BCUT2D eigenvalue weighted by molar-refractivity contribution is 9.13. The third kappa shape index (κ3) is 5.89. The molecule has 39 heavy (non-hydrogen) atoms. The number of hydrogen-bond acceptors (Lipinski definition) is 5. The number of aromatic nitrogens is 2. The Kier molecular flexibility index (Phi) is 8.66. The van der Waals surface area contributed by atoms with Crippen molar-refractivity contribution in [1.29, 1.82) is 0 Å². The van der Waals surface area contributed by atoms with Gasteiger partial charge in [0.1, 0.15) is 6.61 Å². The van der Waals surface area contributed by atoms with E-state index in [1.165, 1.54) is 4.68 Å². The van der Waals surface area contributed by atoms with Crippen LogP contribution in [0.5, 0.6) is 11.5 Å². The van der Waals surface area contributed by atoms with E-state index in [4.69, 9.17) is 14.5 Å². The minimum Gasteiger partial charge on any atom is -0.493 e. The summed E-state index contributed by atoms with van der Waals surface area (Å²) in [5, 5.41) is 5.06. The Morgan fingerprint density at radius 3 is 2.41 bits per heavy atom. The van der Waals surface area contributed by atoms with Gasteiger partial charge in [0, 0.05) is 30.1 Å². The molecule has 5 aromatic rings. The summed E-state index contributed by atoms with van der Waals surface area (Å²) in [6.07, 6.45) is 1.59. The van der Waals surface area contributed by atoms with Gasteiger partial charge in [-0.3, -0.25) is 4.79 Å². The predicted octanol–water partition coefficient (Wildman–Crippen LogP) is 8.58. The second-order valence-corrected chi connectivity index (χ2v) is 11.7. The SMILES string of the molecule is COc1cc(C=Nn2c(-c3ccccc3)nc3ccccc3c2=O)c(Br)c(Br)c1OCc1ccc(Br)cc1Br. The van der Waals surface area contributed by atoms with Crippen LogP contribution in [-0.2, 0) is 6.61 Å². The maximum absolute atomic E-state index is 13.5. The quantitative estimate of drug-likeness (QED) is 0.156. The normalized spacial score (nSPS) is 11.3. The van der Waals surface area contributed by atoms with Gasteiger partial charge >= 0.3 is 0 Å². The molecule has 0 aliphatic rings. The number of ether oxygens (including phenoxy) is 2. The largest absolute Gasteiger partial charge is 0.493 e. The zero-order valence-electron chi connectivity index (χ0n) is 20.4. The van der Waals surface area contributed by atoms with E-state index in [9.17, 15) is 4.79 Å². The van der Waals surface area contributed by atoms with Crippen LogP contribution in [0.1, 0.15) is 11.1 Å². The van der Waals surface area contributed by atoms with Gasteiger partial charge in [-0.25, -0.2) is 4.98 Å². The average Bonchev–Trinajstić information content (AvgIpc) is 2.95. The lowest BCUT2D eigenvalue weighted by atomic mass is 10.2. The third-order valence-corrected chi connectivity index (χ3v) is 9.24. The van der Waals surface area contributed by atoms with Crippen molar-refractivity contribution >= 4 is 80.8 Å². The average molecular weight is 777 g/mol. The molecule has 0 fully saturated rings. The Labute approximate surface area is 258 Å². The highest BCUT2D eigenvalue weighted by atomic mass is 79.9. The van der Waals surface area contributed by atoms with E-state index in [2.05, 4.69) is 68.8 Å². The molecule has 1 aromatic heterocycles. The van der Waals surface area contributed by atoms with Crippen LogP contribution in [0.15, 0.2) is 107 Å². The molecule has 0 saturated carbocycles. The van der Waals surface area contributed by atoms with Crippen LogP contribution >= 0.6 is 63.7 Å². The Morgan fingerprint density at radius 1 is 0.923 bits per heavy atom. The summed E-state index contributed by atoms with van der Waals surface area (Å²) in [6.45, 7) is 0.321. The standard InChI is InChI=1S/C29H19Br4N3O3/c1-38-24-13-19(25(32)26(33)27(24)39-16-18-11-12-20(30)14-22(18)31)15-34-36-28(17-7-3-2-4-8-17)35-23-10-6-5-9-21(23)29(36)37/h2-15H,16H2,1H3. The van der Waals surface area contributed by atoms with Crippen LogP contribution in [0.25, 0.3) is 22.3 Å². The van der Waals surface area contributed by atoms with E-state index < -0.39 is 0 Å². The summed E-state index contributed by atoms with van der Waals surface area (Å²) in [6, 6.07) is 24.4. The van der Waals surface area contributed by atoms with Crippen LogP contribution < -0.4 is 15.0 Å². The van der Waals surface area contributed by atoms with Crippen molar-refractivity contribution in [2.45, 2.75) is 6.61 Å². The Morgan fingerprint density at radius 2 is 1.67 bits per heavy atom. The molecule has 10 heteroatoms. The number of fused-ring (bicyclic) bond motifs is 1. The second-order valence-electron chi connectivity index (χ2n) is 8.33. The molecule has 0 saturated heterocycles. The van der Waals surface area contributed by atoms with Gasteiger partial charge in [0.05, 0.1) is 28.7 Å². The number of halogens is 4. The van der Waals surface area contributed by atoms with Gasteiger partial charge in [0.15, 0.2) is 17.3 Å². The highest BCUT2D eigenvalue weighted by Crippen LogP contribution is 2.43. The molecule has 0 atom stereocenters. The number of para-hydroxylation sites is 1. The molecule has 0 aliphatic heterocycles. The fraction of sp³-hybridized carbons (Fsp3) is 0.0690. The Bertz CT molecular complexity index is 1770. The zero-order chi connectivity index (χ0) is 27.5. The molecular weight excluding hydrogens is 758 g/mol. The molecule has 0 spiro atoms. The summed E-state index contributed by atoms with van der Waals surface area (Å²) < 4.78 is 16.4. The molecule has 0 amide bonds. The minimum absolute atomic E-state index is 0.266. The smallest absolute Gasteiger partial charge is 0.282 e. The van der Waals surface area contributed by atoms with Gasteiger partial charge in [-0.2, -0.15) is 9.78 Å². The summed E-state index contributed by atoms with van der Waals surface area (Å²) in [5.41, 5.74) is 2.77. The maximum atomic E-state index is 13.5. The van der Waals surface area contributed by atoms with Crippen LogP contribution in [0.2, 0.25) is 0 Å². The van der Waals surface area contributed by atoms with Crippen LogP contribution in [0, 0.1) is 0 Å². The molecular formula is C29H19Br4N3O3. The molecule has 4 aromatic carbocycles. The van der Waals surface area contributed by atoms with Gasteiger partial charge in [-0.05, 0) is 62.2 Å². The summed E-state index contributed by atoms with van der Waals surface area (Å²) in [5.74, 6) is 1.48. The molecule has 1 heterocycles. The van der Waals surface area contributed by atoms with E-state index >= 15 is 0 Å². The topological polar surface area (TPSA) is 65.7 Å². The van der Waals surface area contributed by atoms with E-state index in [0.29, 0.717) is 49.3 Å². The van der Waals surface area contributed by atoms with Crippen LogP contribution in [0.3, 0.4) is 0 Å². The van der Waals surface area contributed by atoms with E-state index in [0.717, 1.165) is 20.1 Å². The van der Waals surface area contributed by atoms with E-state index in [1.807, 2.05) is 66.7 Å². The van der Waals surface area contributed by atoms with Crippen molar-refractivity contribution in [3.8, 4) is 22.9 Å². The van der Waals surface area contributed by atoms with Crippen molar-refractivity contribution in [1.82, 2.24) is 9.66 Å². The van der Waals surface area contributed by atoms with Crippen molar-refractivity contribution in [3.05, 3.63) is 118 Å². The van der Waals surface area contributed by atoms with Crippen LogP contribution in [-0.4, -0.2) is 23.0 Å². The molecule has 0 unspecified atom stereocenters. The fourth-order valence-corrected chi connectivity index (χ4v) is 6.00. The monoisotopic (exact) mass is 773 g/mol. The lowest BCUT2D eigenvalue weighted by molar-refractivity contribution is 0.281. The summed E-state index contributed by atoms with van der Waals surface area (Å²) >= 11 is 14.3. The molecule has 196 valence electrons. The first-order chi connectivity index (χ1) is 18.9. The van der Waals surface area contributed by atoms with Crippen LogP contribution in [0.4, 0.5) is 0 Å². The Balaban J connectivity index is 1.55. The zero-order valence-corrected chi connectivity index (χ0v) is 26.7. The molecule has 5 rings (SSSR count). The first kappa shape index (κ1) is 27.8. The number of hydrogen-bond donors (Lipinski definition) is 0. The van der Waals surface area contributed by atoms with Gasteiger partial charge < -0.3 is 9.47 Å². The lowest BCUT2D eigenvalue weighted by Crippen LogP contribution is -2.20. The molecule has 0 radical (unpaired) electrons. The van der Waals surface area contributed by atoms with Gasteiger partial charge in [-0.15, -0.1) is 0 Å². The first-order valence-corrected chi connectivity index (χ1v) is 14.8. The van der Waals surface area contributed by atoms with E-state index in [-0.39, 0.29) is 5.56 Å². The third-order valence-electron chi connectivity index (χ3n) is 5.86. The molecule has 0 bridgehead atoms. The van der Waals surface area contributed by atoms with E-state index in [1.54, 1.807) is 25.5 Å². The van der Waals surface area contributed by atoms with Crippen molar-refractivity contribution in [2.24, 2.45) is 5.10 Å². The number of methoxy groups -OCH3 is 1. The number of rotatable bonds is 7. The van der Waals surface area contributed by atoms with Gasteiger partial charge in [0.2, 0.25) is 0 Å². The van der Waals surface area contributed by atoms with Crippen molar-refractivity contribution < 1.29 is 9.47 Å². The van der Waals surface area contributed by atoms with Crippen molar-refractivity contribution in [3.63, 3.8) is 0 Å². The Hall–Kier alpha value is -2.79. The minimum atomic E-state index is -0.266. The lowest BCUT2D eigenvalue weighted by Gasteiger charge is -2.16. The van der Waals surface area contributed by atoms with Crippen molar-refractivity contribution in [2.75, 3.05) is 7.11 Å². The maximum Gasteiger partial charge on any atom is 0.282 e. The summed E-state index contributed by atoms with van der Waals surface area (Å²) in [4.78, 5) is 18.2. The molecule has 0 aliphatic carbocycles. The van der Waals surface area contributed by atoms with Gasteiger partial charge in [0.25, 0.3) is 5.56 Å². The summed E-state index contributed by atoms with van der Waals surface area (Å²) in [7, 11) is 1.57. The molecule has 0 N–H and O–H groups in total. The highest BCUT2D eigenvalue weighted by Gasteiger charge is 2.18.